The molecule has 0 aliphatic carbocycles. The Labute approximate surface area is 60.9 Å². The molecule has 1 radical (unpaired) electrons. The van der Waals surface area contributed by atoms with E-state index in [9.17, 15) is 0 Å². The zero-order valence-electron chi connectivity index (χ0n) is 6.00. The summed E-state index contributed by atoms with van der Waals surface area (Å²) in [6.07, 6.45) is 5.48. The third-order valence-corrected chi connectivity index (χ3v) is 1.24. The first-order valence-electron chi connectivity index (χ1n) is 3.24. The SMILES string of the molecule is COCCc1[c]nccc1. The third-order valence-electron chi connectivity index (χ3n) is 1.24. The molecule has 10 heavy (non-hydrogen) atoms. The number of nitrogens with zero attached hydrogens (tertiary/aromatic N) is 1. The van der Waals surface area contributed by atoms with Crippen LogP contribution in [0.5, 0.6) is 0 Å². The Kier molecular flexibility index (Phi) is 2.90. The van der Waals surface area contributed by atoms with Crippen molar-refractivity contribution in [2.75, 3.05) is 13.7 Å². The lowest BCUT2D eigenvalue weighted by Gasteiger charge is -1.96. The van der Waals surface area contributed by atoms with Crippen molar-refractivity contribution in [3.05, 3.63) is 30.1 Å². The van der Waals surface area contributed by atoms with E-state index in [1.165, 1.54) is 0 Å². The summed E-state index contributed by atoms with van der Waals surface area (Å²) < 4.78 is 4.90. The molecule has 53 valence electrons. The average molecular weight is 136 g/mol. The zero-order valence-corrected chi connectivity index (χ0v) is 6.00. The Morgan fingerprint density at radius 2 is 2.60 bits per heavy atom. The Morgan fingerprint density at radius 3 is 3.20 bits per heavy atom. The van der Waals surface area contributed by atoms with Gasteiger partial charge in [0.2, 0.25) is 0 Å². The number of aromatic nitrogens is 1. The Morgan fingerprint density at radius 1 is 1.70 bits per heavy atom. The maximum atomic E-state index is 4.90. The first kappa shape index (κ1) is 7.22. The molecular weight excluding hydrogens is 126 g/mol. The Hall–Kier alpha value is -0.890. The molecular formula is C8H10NO. The molecule has 0 fully saturated rings. The second-order valence-corrected chi connectivity index (χ2v) is 2.02. The van der Waals surface area contributed by atoms with Crippen LogP contribution in [0.2, 0.25) is 0 Å². The number of methoxy groups -OCH3 is 1. The first-order valence-corrected chi connectivity index (χ1v) is 3.24. The van der Waals surface area contributed by atoms with Gasteiger partial charge in [0.15, 0.2) is 0 Å². The van der Waals surface area contributed by atoms with Crippen LogP contribution in [0.25, 0.3) is 0 Å². The first-order chi connectivity index (χ1) is 4.93. The van der Waals surface area contributed by atoms with Crippen LogP contribution >= 0.6 is 0 Å². The molecule has 0 aliphatic rings. The Bertz CT molecular complexity index is 174. The van der Waals surface area contributed by atoms with E-state index in [4.69, 9.17) is 4.74 Å². The molecule has 0 saturated carbocycles. The molecule has 0 amide bonds. The molecule has 1 aromatic rings. The molecule has 0 unspecified atom stereocenters. The van der Waals surface area contributed by atoms with Gasteiger partial charge in [-0.15, -0.1) is 0 Å². The molecule has 0 aromatic carbocycles. The van der Waals surface area contributed by atoms with Crippen molar-refractivity contribution in [3.8, 4) is 0 Å². The van der Waals surface area contributed by atoms with E-state index >= 15 is 0 Å². The van der Waals surface area contributed by atoms with Gasteiger partial charge in [0.1, 0.15) is 0 Å². The van der Waals surface area contributed by atoms with Crippen molar-refractivity contribution in [2.45, 2.75) is 6.42 Å². The monoisotopic (exact) mass is 136 g/mol. The molecule has 0 spiro atoms. The minimum atomic E-state index is 0.738. The van der Waals surface area contributed by atoms with E-state index in [2.05, 4.69) is 11.2 Å². The van der Waals surface area contributed by atoms with Crippen LogP contribution in [-0.2, 0) is 11.2 Å². The van der Waals surface area contributed by atoms with Crippen LogP contribution < -0.4 is 0 Å². The summed E-state index contributed by atoms with van der Waals surface area (Å²) in [7, 11) is 1.69. The van der Waals surface area contributed by atoms with Gasteiger partial charge in [0.25, 0.3) is 0 Å². The van der Waals surface area contributed by atoms with E-state index < -0.39 is 0 Å². The smallest absolute Gasteiger partial charge is 0.0921 e. The summed E-state index contributed by atoms with van der Waals surface area (Å²) in [5, 5.41) is 0. The van der Waals surface area contributed by atoms with E-state index in [0.29, 0.717) is 0 Å². The second-order valence-electron chi connectivity index (χ2n) is 2.02. The molecule has 1 aromatic heterocycles. The van der Waals surface area contributed by atoms with Gasteiger partial charge in [-0.05, 0) is 18.1 Å². The largest absolute Gasteiger partial charge is 0.384 e. The third kappa shape index (κ3) is 2.15. The highest BCUT2D eigenvalue weighted by Crippen LogP contribution is 1.94. The topological polar surface area (TPSA) is 22.1 Å². The lowest BCUT2D eigenvalue weighted by molar-refractivity contribution is 0.202. The maximum Gasteiger partial charge on any atom is 0.0921 e. The van der Waals surface area contributed by atoms with Crippen molar-refractivity contribution < 1.29 is 4.74 Å². The summed E-state index contributed by atoms with van der Waals surface area (Å²) in [6, 6.07) is 3.90. The van der Waals surface area contributed by atoms with Gasteiger partial charge in [-0.2, -0.15) is 0 Å². The van der Waals surface area contributed by atoms with Gasteiger partial charge in [0, 0.05) is 13.3 Å². The average Bonchev–Trinajstić information content (AvgIpc) is 2.03. The minimum absolute atomic E-state index is 0.738. The van der Waals surface area contributed by atoms with Crippen LogP contribution in [0.4, 0.5) is 0 Å². The molecule has 2 heteroatoms. The van der Waals surface area contributed by atoms with Crippen molar-refractivity contribution in [2.24, 2.45) is 0 Å². The lowest BCUT2D eigenvalue weighted by atomic mass is 10.2. The van der Waals surface area contributed by atoms with Gasteiger partial charge < -0.3 is 4.74 Å². The lowest BCUT2D eigenvalue weighted by Crippen LogP contribution is -1.94. The summed E-state index contributed by atoms with van der Waals surface area (Å²) in [6.45, 7) is 0.738. The van der Waals surface area contributed by atoms with Crippen molar-refractivity contribution in [1.29, 1.82) is 0 Å². The quantitative estimate of drug-likeness (QED) is 0.620. The van der Waals surface area contributed by atoms with Crippen molar-refractivity contribution in [1.82, 2.24) is 4.98 Å². The minimum Gasteiger partial charge on any atom is -0.384 e. The fraction of sp³-hybridized carbons (Fsp3) is 0.375. The maximum absolute atomic E-state index is 4.90. The van der Waals surface area contributed by atoms with Crippen LogP contribution in [0.3, 0.4) is 0 Å². The van der Waals surface area contributed by atoms with E-state index in [-0.39, 0.29) is 0 Å². The molecule has 0 atom stereocenters. The van der Waals surface area contributed by atoms with Crippen LogP contribution in [0.15, 0.2) is 18.3 Å². The molecule has 2 nitrogen and oxygen atoms in total. The van der Waals surface area contributed by atoms with E-state index in [1.807, 2.05) is 12.1 Å². The standard InChI is InChI=1S/C8H10NO/c1-10-6-4-8-3-2-5-9-7-8/h2-3,5H,4,6H2,1H3. The normalized spacial score (nSPS) is 9.70. The van der Waals surface area contributed by atoms with Gasteiger partial charge in [-0.25, -0.2) is 0 Å². The second kappa shape index (κ2) is 4.01. The highest BCUT2D eigenvalue weighted by atomic mass is 16.5. The Balaban J connectivity index is 2.43. The predicted molar refractivity (Wildman–Crippen MR) is 38.7 cm³/mol. The number of pyridine rings is 1. The van der Waals surface area contributed by atoms with E-state index in [0.717, 1.165) is 18.6 Å². The van der Waals surface area contributed by atoms with Crippen molar-refractivity contribution >= 4 is 0 Å². The molecule has 1 heterocycles. The van der Waals surface area contributed by atoms with Gasteiger partial charge in [-0.1, -0.05) is 6.07 Å². The van der Waals surface area contributed by atoms with Gasteiger partial charge in [-0.3, -0.25) is 4.98 Å². The summed E-state index contributed by atoms with van der Waals surface area (Å²) >= 11 is 0. The number of hydrogen-bond acceptors (Lipinski definition) is 2. The van der Waals surface area contributed by atoms with Crippen LogP contribution in [-0.4, -0.2) is 18.7 Å². The fourth-order valence-electron chi connectivity index (χ4n) is 0.711. The highest BCUT2D eigenvalue weighted by molar-refractivity contribution is 5.06. The number of hydrogen-bond donors (Lipinski definition) is 0. The van der Waals surface area contributed by atoms with Gasteiger partial charge in [0.05, 0.1) is 12.8 Å². The predicted octanol–water partition coefficient (Wildman–Crippen LogP) is 1.07. The van der Waals surface area contributed by atoms with Crippen LogP contribution in [0, 0.1) is 6.20 Å². The molecule has 0 saturated heterocycles. The summed E-state index contributed by atoms with van der Waals surface area (Å²) in [5.74, 6) is 0. The summed E-state index contributed by atoms with van der Waals surface area (Å²) in [5.41, 5.74) is 1.10. The highest BCUT2D eigenvalue weighted by Gasteiger charge is 1.89. The number of ether oxygens (including phenoxy) is 1. The van der Waals surface area contributed by atoms with Gasteiger partial charge >= 0.3 is 0 Å². The van der Waals surface area contributed by atoms with Crippen LogP contribution in [0.1, 0.15) is 5.56 Å². The van der Waals surface area contributed by atoms with E-state index in [1.54, 1.807) is 13.3 Å². The molecule has 1 rings (SSSR count). The molecule has 0 N–H and O–H groups in total. The number of rotatable bonds is 3. The van der Waals surface area contributed by atoms with Crippen molar-refractivity contribution in [3.63, 3.8) is 0 Å². The molecule has 0 aliphatic heterocycles. The fourth-order valence-corrected chi connectivity index (χ4v) is 0.711. The molecule has 0 bridgehead atoms. The zero-order chi connectivity index (χ0) is 7.23. The summed E-state index contributed by atoms with van der Waals surface area (Å²) in [4.78, 5) is 3.86.